The smallest absolute Gasteiger partial charge is 0.328 e. The molecule has 0 fully saturated rings. The van der Waals surface area contributed by atoms with Crippen LogP contribution in [-0.2, 0) is 58.5 Å². The molecule has 8 aromatic rings. The van der Waals surface area contributed by atoms with Gasteiger partial charge >= 0.3 is 12.0 Å². The molecule has 0 aliphatic rings. The van der Waals surface area contributed by atoms with E-state index in [4.69, 9.17) is 29.6 Å². The van der Waals surface area contributed by atoms with Crippen LogP contribution in [0.25, 0.3) is 12.2 Å². The first-order chi connectivity index (χ1) is 38.3. The van der Waals surface area contributed by atoms with Crippen LogP contribution in [0.1, 0.15) is 11.1 Å². The normalized spacial score (nSPS) is 11.8. The second-order valence-corrected chi connectivity index (χ2v) is 21.6. The Hall–Kier alpha value is -7.70. The molecule has 10 N–H and O–H groups in total. The number of aromatic nitrogens is 6. The molecule has 0 radical (unpaired) electrons. The van der Waals surface area contributed by atoms with Crippen LogP contribution in [0.5, 0.6) is 23.5 Å². The van der Waals surface area contributed by atoms with E-state index in [2.05, 4.69) is 75.0 Å². The third-order valence-corrected chi connectivity index (χ3v) is 14.4. The van der Waals surface area contributed by atoms with Gasteiger partial charge in [-0.3, -0.25) is 13.7 Å². The molecule has 416 valence electrons. The molecule has 80 heavy (non-hydrogen) atoms. The van der Waals surface area contributed by atoms with Gasteiger partial charge in [0.2, 0.25) is 23.8 Å². The van der Waals surface area contributed by atoms with Crippen molar-refractivity contribution in [1.82, 2.24) is 29.9 Å². The summed E-state index contributed by atoms with van der Waals surface area (Å²) in [5.41, 5.74) is 0.165. The highest BCUT2D eigenvalue weighted by Crippen LogP contribution is 2.36. The lowest BCUT2D eigenvalue weighted by Gasteiger charge is -2.14. The SMILES string of the molecule is O=S(=O)(O)c1ccc(SOOO)c(Nc2nc(Nc3ccc(C=Cc4ccc(Nc5nc(Nc6cc(SOOO)ccc6S(=O)(=O)O)nc(Oc6ccccc6)n5)cc4S(=O)(=O)O)c(SOOO)c3)nc(Oc3ccccc3)n2)c1. The van der Waals surface area contributed by atoms with Gasteiger partial charge in [-0.25, -0.2) is 15.8 Å². The number of benzene rings is 6. The number of hydrogen-bond acceptors (Lipinski definition) is 30. The fourth-order valence-corrected chi connectivity index (χ4v) is 9.75. The Morgan fingerprint density at radius 2 is 0.912 bits per heavy atom. The molecular weight excluding hydrogens is 1180 g/mol. The highest BCUT2D eigenvalue weighted by Gasteiger charge is 2.22. The average Bonchev–Trinajstić information content (AvgIpc) is 3.42. The molecule has 30 nitrogen and oxygen atoms in total. The Bertz CT molecular complexity index is 3890. The number of nitrogens with zero attached hydrogens (tertiary/aromatic N) is 6. The zero-order chi connectivity index (χ0) is 56.9. The average molecular weight is 1220 g/mol. The number of hydrogen-bond donors (Lipinski definition) is 10. The topological polar surface area (TPSA) is 423 Å². The molecule has 2 aromatic heterocycles. The van der Waals surface area contributed by atoms with Gasteiger partial charge < -0.3 is 30.7 Å². The minimum absolute atomic E-state index is 0.0128. The Labute approximate surface area is 463 Å². The minimum atomic E-state index is -5.00. The monoisotopic (exact) mass is 1210 g/mol. The lowest BCUT2D eigenvalue weighted by molar-refractivity contribution is -0.432. The lowest BCUT2D eigenvalue weighted by Crippen LogP contribution is -2.09. The van der Waals surface area contributed by atoms with E-state index in [-0.39, 0.29) is 84.6 Å². The first-order valence-electron chi connectivity index (χ1n) is 21.5. The Balaban J connectivity index is 1.09. The third-order valence-electron chi connectivity index (χ3n) is 9.83. The van der Waals surface area contributed by atoms with E-state index < -0.39 is 45.0 Å². The first-order valence-corrected chi connectivity index (χ1v) is 28.0. The van der Waals surface area contributed by atoms with Crippen molar-refractivity contribution in [3.63, 3.8) is 0 Å². The van der Waals surface area contributed by atoms with E-state index in [9.17, 15) is 38.9 Å². The number of ether oxygens (including phenoxy) is 2. The van der Waals surface area contributed by atoms with Crippen molar-refractivity contribution in [2.75, 3.05) is 21.3 Å². The number of rotatable bonds is 26. The van der Waals surface area contributed by atoms with E-state index in [0.717, 1.165) is 24.3 Å². The standard InChI is InChI=1S/C44H34N10O20S6/c55-69-72-75-31-17-20-37(79(61,62)63)34(23-31)48-42-50-40(52-44(54-42)68-30-9-5-2-6-10-30)46-28-16-14-26(38(22-28)80(64,65)66)12-11-25-13-15-27(21-36(25)77-74-71-57)45-39-49-41(53-43(51-39)67-29-7-3-1-4-8-29)47-33-24-32(78(58,59)60)18-19-35(33)76-73-70-56/h1-24,55-57H,(H,58,59,60)(H,61,62,63)(H,64,65,66)(H2,45,47,49,51,53)(H2,46,48,50,52,54). The highest BCUT2D eigenvalue weighted by molar-refractivity contribution is 7.95. The van der Waals surface area contributed by atoms with Gasteiger partial charge in [-0.15, -0.1) is 13.0 Å². The molecule has 0 unspecified atom stereocenters. The maximum Gasteiger partial charge on any atom is 0.328 e. The van der Waals surface area contributed by atoms with Crippen LogP contribution in [0.2, 0.25) is 0 Å². The molecule has 0 aliphatic heterocycles. The Kier molecular flexibility index (Phi) is 19.4. The fourth-order valence-electron chi connectivity index (χ4n) is 6.57. The summed E-state index contributed by atoms with van der Waals surface area (Å²) in [6.45, 7) is 0. The molecule has 2 heterocycles. The maximum absolute atomic E-state index is 12.9. The van der Waals surface area contributed by atoms with Crippen LogP contribution in [0, 0.1) is 0 Å². The van der Waals surface area contributed by atoms with Crippen LogP contribution in [0.15, 0.2) is 163 Å². The van der Waals surface area contributed by atoms with Gasteiger partial charge in [-0.05, 0) is 96.1 Å². The van der Waals surface area contributed by atoms with E-state index in [1.165, 1.54) is 60.7 Å². The summed E-state index contributed by atoms with van der Waals surface area (Å²) in [6, 6.07) is 30.9. The zero-order valence-corrected chi connectivity index (χ0v) is 44.3. The summed E-state index contributed by atoms with van der Waals surface area (Å²) in [5.74, 6) is -0.518. The second kappa shape index (κ2) is 26.5. The van der Waals surface area contributed by atoms with Gasteiger partial charge in [0, 0.05) is 21.2 Å². The molecular formula is C44H34N10O20S6. The van der Waals surface area contributed by atoms with Crippen LogP contribution in [-0.4, -0.2) is 84.6 Å². The highest BCUT2D eigenvalue weighted by atomic mass is 32.2. The summed E-state index contributed by atoms with van der Waals surface area (Å²) in [5, 5.41) is 48.8. The number of nitrogens with one attached hydrogen (secondary N) is 4. The van der Waals surface area contributed by atoms with Crippen molar-refractivity contribution in [2.45, 2.75) is 29.4 Å². The first kappa shape index (κ1) is 58.4. The van der Waals surface area contributed by atoms with Crippen LogP contribution in [0.4, 0.5) is 46.5 Å². The summed E-state index contributed by atoms with van der Waals surface area (Å²) in [7, 11) is -14.6. The van der Waals surface area contributed by atoms with Gasteiger partial charge in [-0.1, -0.05) is 75.8 Å². The zero-order valence-electron chi connectivity index (χ0n) is 39.4. The van der Waals surface area contributed by atoms with Gasteiger partial charge in [0.05, 0.1) is 57.3 Å². The van der Waals surface area contributed by atoms with Gasteiger partial charge in [-0.2, -0.15) is 55.2 Å². The van der Waals surface area contributed by atoms with Gasteiger partial charge in [0.25, 0.3) is 30.4 Å². The molecule has 0 aliphatic carbocycles. The molecule has 36 heteroatoms. The maximum atomic E-state index is 12.9. The van der Waals surface area contributed by atoms with Crippen LogP contribution in [0.3, 0.4) is 0 Å². The van der Waals surface area contributed by atoms with Crippen molar-refractivity contribution in [1.29, 1.82) is 0 Å². The van der Waals surface area contributed by atoms with Crippen molar-refractivity contribution < 1.29 is 92.3 Å². The predicted molar refractivity (Wildman–Crippen MR) is 282 cm³/mol. The molecule has 0 bridgehead atoms. The Morgan fingerprint density at radius 1 is 0.425 bits per heavy atom. The summed E-state index contributed by atoms with van der Waals surface area (Å²) >= 11 is 1.44. The van der Waals surface area contributed by atoms with Crippen LogP contribution < -0.4 is 30.7 Å². The largest absolute Gasteiger partial charge is 0.424 e. The predicted octanol–water partition coefficient (Wildman–Crippen LogP) is 9.81. The number of anilines is 8. The fraction of sp³-hybridized carbons (Fsp3) is 0. The molecule has 0 saturated carbocycles. The van der Waals surface area contributed by atoms with Gasteiger partial charge in [0.15, 0.2) is 0 Å². The third kappa shape index (κ3) is 16.4. The molecule has 8 rings (SSSR count). The molecule has 0 saturated heterocycles. The van der Waals surface area contributed by atoms with Crippen LogP contribution >= 0.6 is 36.1 Å². The summed E-state index contributed by atoms with van der Waals surface area (Å²) in [6.07, 6.45) is 2.75. The van der Waals surface area contributed by atoms with Crippen molar-refractivity contribution in [3.05, 3.63) is 145 Å². The van der Waals surface area contributed by atoms with E-state index in [0.29, 0.717) is 47.4 Å². The van der Waals surface area contributed by atoms with E-state index in [1.54, 1.807) is 60.7 Å². The minimum Gasteiger partial charge on any atom is -0.424 e. The molecule has 6 aromatic carbocycles. The second-order valence-electron chi connectivity index (χ2n) is 15.1. The van der Waals surface area contributed by atoms with E-state index >= 15 is 0 Å². The number of para-hydroxylation sites is 2. The summed E-state index contributed by atoms with van der Waals surface area (Å²) in [4.78, 5) is 24.4. The lowest BCUT2D eigenvalue weighted by atomic mass is 10.1. The van der Waals surface area contributed by atoms with Crippen molar-refractivity contribution in [2.24, 2.45) is 0 Å². The van der Waals surface area contributed by atoms with Crippen molar-refractivity contribution in [3.8, 4) is 23.5 Å². The molecule has 0 amide bonds. The van der Waals surface area contributed by atoms with Crippen molar-refractivity contribution >= 4 is 125 Å². The quantitative estimate of drug-likeness (QED) is 0.00792. The van der Waals surface area contributed by atoms with E-state index in [1.807, 2.05) is 0 Å². The summed E-state index contributed by atoms with van der Waals surface area (Å²) < 4.78 is 130. The Morgan fingerprint density at radius 3 is 1.45 bits per heavy atom. The van der Waals surface area contributed by atoms with Gasteiger partial charge in [0.1, 0.15) is 21.3 Å². The molecule has 0 spiro atoms. The molecule has 0 atom stereocenters.